The molecule has 0 saturated heterocycles. The Labute approximate surface area is 144 Å². The third-order valence-electron chi connectivity index (χ3n) is 4.44. The van der Waals surface area contributed by atoms with Gasteiger partial charge in [-0.3, -0.25) is 4.79 Å². The maximum absolute atomic E-state index is 13.6. The van der Waals surface area contributed by atoms with Gasteiger partial charge in [0.05, 0.1) is 6.42 Å². The van der Waals surface area contributed by atoms with E-state index in [4.69, 9.17) is 5.11 Å². The van der Waals surface area contributed by atoms with Crippen LogP contribution in [0.15, 0.2) is 66.7 Å². The lowest BCUT2D eigenvalue weighted by atomic mass is 9.99. The Morgan fingerprint density at radius 1 is 1.00 bits per heavy atom. The quantitative estimate of drug-likeness (QED) is 0.699. The van der Waals surface area contributed by atoms with Crippen molar-refractivity contribution in [3.05, 3.63) is 89.2 Å². The molecule has 0 heterocycles. The first kappa shape index (κ1) is 15.3. The fourth-order valence-electron chi connectivity index (χ4n) is 3.35. The van der Waals surface area contributed by atoms with E-state index in [1.807, 2.05) is 36.4 Å². The number of aliphatic carboxylic acids is 1. The molecule has 1 N–H and O–H groups in total. The molecule has 3 heteroatoms. The Hall–Kier alpha value is -3.20. The highest BCUT2D eigenvalue weighted by molar-refractivity contribution is 6.06. The Morgan fingerprint density at radius 2 is 1.80 bits per heavy atom. The summed E-state index contributed by atoms with van der Waals surface area (Å²) in [6.45, 7) is 0. The molecule has 0 bridgehead atoms. The molecule has 0 saturated carbocycles. The zero-order chi connectivity index (χ0) is 17.4. The molecule has 0 aromatic heterocycles. The van der Waals surface area contributed by atoms with Crippen LogP contribution < -0.4 is 0 Å². The Bertz CT molecular complexity index is 1060. The normalized spacial score (nSPS) is 14.6. The number of carboxylic acid groups (broad SMARTS) is 1. The van der Waals surface area contributed by atoms with Crippen molar-refractivity contribution in [1.82, 2.24) is 0 Å². The summed E-state index contributed by atoms with van der Waals surface area (Å²) < 4.78 is 13.6. The first-order chi connectivity index (χ1) is 12.1. The van der Waals surface area contributed by atoms with Crippen LogP contribution in [0.2, 0.25) is 0 Å². The maximum Gasteiger partial charge on any atom is 0.307 e. The zero-order valence-electron chi connectivity index (χ0n) is 13.4. The summed E-state index contributed by atoms with van der Waals surface area (Å²) >= 11 is 0. The highest BCUT2D eigenvalue weighted by atomic mass is 19.1. The van der Waals surface area contributed by atoms with Gasteiger partial charge in [0, 0.05) is 0 Å². The number of rotatable bonds is 3. The summed E-state index contributed by atoms with van der Waals surface area (Å²) in [5.41, 5.74) is 4.12. The predicted octanol–water partition coefficient (Wildman–Crippen LogP) is 5.39. The largest absolute Gasteiger partial charge is 0.481 e. The van der Waals surface area contributed by atoms with E-state index in [0.29, 0.717) is 11.1 Å². The summed E-state index contributed by atoms with van der Waals surface area (Å²) in [4.78, 5) is 11.1. The van der Waals surface area contributed by atoms with Crippen LogP contribution in [0, 0.1) is 5.82 Å². The third-order valence-corrected chi connectivity index (χ3v) is 4.44. The smallest absolute Gasteiger partial charge is 0.307 e. The monoisotopic (exact) mass is 330 g/mol. The first-order valence-corrected chi connectivity index (χ1v) is 8.04. The van der Waals surface area contributed by atoms with Crippen LogP contribution >= 0.6 is 0 Å². The van der Waals surface area contributed by atoms with Crippen molar-refractivity contribution in [2.75, 3.05) is 0 Å². The van der Waals surface area contributed by atoms with Gasteiger partial charge in [-0.1, -0.05) is 48.5 Å². The fourth-order valence-corrected chi connectivity index (χ4v) is 3.35. The standard InChI is InChI=1S/C22H15FO2/c23-18-8-9-20-16(11-17(12-22(24)25)21(20)13-18)10-15-6-3-5-14-4-1-2-7-19(14)15/h1-11,13H,12H2,(H,24,25)/b16-10+. The van der Waals surface area contributed by atoms with E-state index in [1.165, 1.54) is 12.1 Å². The molecular formula is C22H15FO2. The summed E-state index contributed by atoms with van der Waals surface area (Å²) in [5, 5.41) is 11.4. The van der Waals surface area contributed by atoms with Gasteiger partial charge in [0.15, 0.2) is 0 Å². The average molecular weight is 330 g/mol. The van der Waals surface area contributed by atoms with Gasteiger partial charge in [-0.25, -0.2) is 4.39 Å². The molecule has 0 spiro atoms. The van der Waals surface area contributed by atoms with E-state index in [9.17, 15) is 9.18 Å². The Balaban J connectivity index is 1.88. The molecule has 122 valence electrons. The Morgan fingerprint density at radius 3 is 2.64 bits per heavy atom. The van der Waals surface area contributed by atoms with Crippen LogP contribution in [0.4, 0.5) is 4.39 Å². The highest BCUT2D eigenvalue weighted by Crippen LogP contribution is 2.39. The van der Waals surface area contributed by atoms with Gasteiger partial charge in [0.2, 0.25) is 0 Å². The second-order valence-corrected chi connectivity index (χ2v) is 6.10. The van der Waals surface area contributed by atoms with Crippen molar-refractivity contribution >= 4 is 34.0 Å². The molecule has 0 aliphatic heterocycles. The van der Waals surface area contributed by atoms with Gasteiger partial charge in [0.25, 0.3) is 0 Å². The minimum atomic E-state index is -0.923. The van der Waals surface area contributed by atoms with Crippen LogP contribution in [-0.4, -0.2) is 11.1 Å². The Kier molecular flexibility index (Phi) is 3.69. The van der Waals surface area contributed by atoms with Crippen molar-refractivity contribution in [3.8, 4) is 0 Å². The van der Waals surface area contributed by atoms with E-state index in [-0.39, 0.29) is 12.2 Å². The molecule has 25 heavy (non-hydrogen) atoms. The van der Waals surface area contributed by atoms with Gasteiger partial charge < -0.3 is 5.11 Å². The molecule has 0 amide bonds. The lowest BCUT2D eigenvalue weighted by molar-refractivity contribution is -0.135. The van der Waals surface area contributed by atoms with Gasteiger partial charge in [-0.15, -0.1) is 0 Å². The lowest BCUT2D eigenvalue weighted by Gasteiger charge is -2.06. The summed E-state index contributed by atoms with van der Waals surface area (Å²) in [5.74, 6) is -1.28. The van der Waals surface area contributed by atoms with Crippen LogP contribution in [0.5, 0.6) is 0 Å². The second-order valence-electron chi connectivity index (χ2n) is 6.10. The zero-order valence-corrected chi connectivity index (χ0v) is 13.4. The molecule has 3 aromatic rings. The van der Waals surface area contributed by atoms with Crippen LogP contribution in [0.25, 0.3) is 28.0 Å². The molecule has 4 rings (SSSR count). The van der Waals surface area contributed by atoms with E-state index < -0.39 is 5.97 Å². The van der Waals surface area contributed by atoms with Crippen LogP contribution in [0.3, 0.4) is 0 Å². The summed E-state index contributed by atoms with van der Waals surface area (Å²) in [6, 6.07) is 18.7. The minimum absolute atomic E-state index is 0.122. The molecule has 0 atom stereocenters. The molecular weight excluding hydrogens is 315 g/mol. The molecule has 1 aliphatic carbocycles. The lowest BCUT2D eigenvalue weighted by Crippen LogP contribution is -1.96. The molecule has 0 fully saturated rings. The summed E-state index contributed by atoms with van der Waals surface area (Å²) in [7, 11) is 0. The number of carboxylic acids is 1. The number of halogens is 1. The van der Waals surface area contributed by atoms with Crippen molar-refractivity contribution in [1.29, 1.82) is 0 Å². The van der Waals surface area contributed by atoms with E-state index >= 15 is 0 Å². The van der Waals surface area contributed by atoms with Crippen molar-refractivity contribution in [3.63, 3.8) is 0 Å². The van der Waals surface area contributed by atoms with E-state index in [1.54, 1.807) is 6.07 Å². The van der Waals surface area contributed by atoms with Crippen molar-refractivity contribution < 1.29 is 14.3 Å². The SMILES string of the molecule is O=C(O)CC1=C/C(=C\c2cccc3ccccc23)c2ccc(F)cc21. The highest BCUT2D eigenvalue weighted by Gasteiger charge is 2.21. The second kappa shape index (κ2) is 6.02. The van der Waals surface area contributed by atoms with Gasteiger partial charge in [0.1, 0.15) is 5.82 Å². The number of allylic oxidation sites excluding steroid dienone is 2. The van der Waals surface area contributed by atoms with Crippen molar-refractivity contribution in [2.24, 2.45) is 0 Å². The third kappa shape index (κ3) is 2.85. The van der Waals surface area contributed by atoms with Crippen LogP contribution in [-0.2, 0) is 4.79 Å². The minimum Gasteiger partial charge on any atom is -0.481 e. The van der Waals surface area contributed by atoms with E-state index in [0.717, 1.165) is 27.5 Å². The molecule has 2 nitrogen and oxygen atoms in total. The number of fused-ring (bicyclic) bond motifs is 2. The van der Waals surface area contributed by atoms with Gasteiger partial charge >= 0.3 is 5.97 Å². The van der Waals surface area contributed by atoms with Crippen LogP contribution in [0.1, 0.15) is 23.1 Å². The molecule has 3 aromatic carbocycles. The topological polar surface area (TPSA) is 37.3 Å². The molecule has 0 radical (unpaired) electrons. The van der Waals surface area contributed by atoms with Gasteiger partial charge in [-0.05, 0) is 62.9 Å². The average Bonchev–Trinajstić information content (AvgIpc) is 2.91. The number of carbonyl (C=O) groups is 1. The number of hydrogen-bond donors (Lipinski definition) is 1. The molecule has 0 unspecified atom stereocenters. The predicted molar refractivity (Wildman–Crippen MR) is 98.4 cm³/mol. The van der Waals surface area contributed by atoms with E-state index in [2.05, 4.69) is 18.2 Å². The number of hydrogen-bond acceptors (Lipinski definition) is 1. The maximum atomic E-state index is 13.6. The first-order valence-electron chi connectivity index (χ1n) is 8.04. The van der Waals surface area contributed by atoms with Crippen molar-refractivity contribution in [2.45, 2.75) is 6.42 Å². The fraction of sp³-hybridized carbons (Fsp3) is 0.0455. The number of benzene rings is 3. The summed E-state index contributed by atoms with van der Waals surface area (Å²) in [6.07, 6.45) is 3.76. The molecule has 1 aliphatic rings. The van der Waals surface area contributed by atoms with Gasteiger partial charge in [-0.2, -0.15) is 0 Å².